The molecule has 5 nitrogen and oxygen atoms in total. The molecule has 0 bridgehead atoms. The second kappa shape index (κ2) is 15.2. The van der Waals surface area contributed by atoms with E-state index in [-0.39, 0.29) is 6.42 Å². The summed E-state index contributed by atoms with van der Waals surface area (Å²) in [5.74, 6) is 0. The highest BCUT2D eigenvalue weighted by molar-refractivity contribution is 5.48. The smallest absolute Gasteiger partial charge is 0.241 e. The maximum Gasteiger partial charge on any atom is 0.241 e. The van der Waals surface area contributed by atoms with Crippen LogP contribution in [0, 0.1) is 10.1 Å². The molecule has 0 aliphatic rings. The van der Waals surface area contributed by atoms with E-state index in [1.165, 1.54) is 0 Å². The first kappa shape index (κ1) is 21.2. The molecule has 0 heterocycles. The fraction of sp³-hybridized carbons (Fsp3) is 0.611. The number of rotatable bonds is 14. The summed E-state index contributed by atoms with van der Waals surface area (Å²) in [6.45, 7) is 1.74. The monoisotopic (exact) mass is 323 g/mol. The molecule has 2 unspecified atom stereocenters. The van der Waals surface area contributed by atoms with Crippen LogP contribution in [0.15, 0.2) is 36.5 Å². The van der Waals surface area contributed by atoms with E-state index in [0.717, 1.165) is 38.4 Å². The predicted octanol–water partition coefficient (Wildman–Crippen LogP) is 4.00. The number of aliphatic hydroxyl groups is 1. The standard InChI is InChI=1S/C18H29NO4/c1-2-18(21)17(19(22)23)15-13-11-9-7-5-3-4-6-8-10-12-14-16-20/h4-7,11,13,16-18,21H,2-3,8-10,12,14-15H2,1H3/b6-4-,7-5-,13-11-. The number of nitrogens with zero attached hydrogens (tertiary/aromatic N) is 1. The highest BCUT2D eigenvalue weighted by atomic mass is 16.6. The van der Waals surface area contributed by atoms with E-state index < -0.39 is 17.1 Å². The van der Waals surface area contributed by atoms with Crippen LogP contribution in [0.3, 0.4) is 0 Å². The Labute approximate surface area is 138 Å². The molecule has 0 saturated heterocycles. The Hall–Kier alpha value is -1.75. The molecule has 5 heteroatoms. The van der Waals surface area contributed by atoms with E-state index in [4.69, 9.17) is 0 Å². The summed E-state index contributed by atoms with van der Waals surface area (Å²) in [4.78, 5) is 20.5. The summed E-state index contributed by atoms with van der Waals surface area (Å²) < 4.78 is 0. The number of hydrogen-bond acceptors (Lipinski definition) is 4. The third-order valence-corrected chi connectivity index (χ3v) is 3.50. The molecular weight excluding hydrogens is 294 g/mol. The van der Waals surface area contributed by atoms with Gasteiger partial charge in [-0.15, -0.1) is 0 Å². The molecule has 0 amide bonds. The number of aliphatic hydroxyl groups excluding tert-OH is 1. The van der Waals surface area contributed by atoms with Crippen LogP contribution in [0.4, 0.5) is 0 Å². The summed E-state index contributed by atoms with van der Waals surface area (Å²) in [7, 11) is 0. The van der Waals surface area contributed by atoms with Crippen LogP contribution < -0.4 is 0 Å². The van der Waals surface area contributed by atoms with Gasteiger partial charge in [0.1, 0.15) is 12.4 Å². The van der Waals surface area contributed by atoms with Gasteiger partial charge in [0.05, 0.1) is 0 Å². The molecule has 2 atom stereocenters. The largest absolute Gasteiger partial charge is 0.386 e. The third kappa shape index (κ3) is 12.5. The Balaban J connectivity index is 3.77. The maximum absolute atomic E-state index is 10.8. The van der Waals surface area contributed by atoms with Crippen molar-refractivity contribution < 1.29 is 14.8 Å². The molecule has 23 heavy (non-hydrogen) atoms. The van der Waals surface area contributed by atoms with Gasteiger partial charge in [-0.2, -0.15) is 0 Å². The van der Waals surface area contributed by atoms with E-state index in [2.05, 4.69) is 18.2 Å². The van der Waals surface area contributed by atoms with Crippen LogP contribution in [0.1, 0.15) is 58.3 Å². The van der Waals surface area contributed by atoms with Gasteiger partial charge in [0.25, 0.3) is 0 Å². The average molecular weight is 323 g/mol. The van der Waals surface area contributed by atoms with Crippen LogP contribution in [0.2, 0.25) is 0 Å². The van der Waals surface area contributed by atoms with Crippen molar-refractivity contribution in [2.75, 3.05) is 0 Å². The van der Waals surface area contributed by atoms with E-state index >= 15 is 0 Å². The summed E-state index contributed by atoms with van der Waals surface area (Å²) in [6, 6.07) is -0.914. The van der Waals surface area contributed by atoms with Gasteiger partial charge in [-0.3, -0.25) is 10.1 Å². The fourth-order valence-corrected chi connectivity index (χ4v) is 2.04. The molecule has 130 valence electrons. The first-order chi connectivity index (χ1) is 11.1. The lowest BCUT2D eigenvalue weighted by Crippen LogP contribution is -2.32. The summed E-state index contributed by atoms with van der Waals surface area (Å²) in [5.41, 5.74) is 0. The number of unbranched alkanes of at least 4 members (excludes halogenated alkanes) is 3. The van der Waals surface area contributed by atoms with Crippen LogP contribution >= 0.6 is 0 Å². The lowest BCUT2D eigenvalue weighted by atomic mass is 10.1. The Morgan fingerprint density at radius 1 is 1.00 bits per heavy atom. The predicted molar refractivity (Wildman–Crippen MR) is 92.9 cm³/mol. The zero-order valence-electron chi connectivity index (χ0n) is 14.0. The third-order valence-electron chi connectivity index (χ3n) is 3.50. The molecule has 0 spiro atoms. The lowest BCUT2D eigenvalue weighted by Gasteiger charge is -2.12. The van der Waals surface area contributed by atoms with Gasteiger partial charge in [0, 0.05) is 17.8 Å². The molecule has 0 saturated carbocycles. The zero-order valence-corrected chi connectivity index (χ0v) is 14.0. The number of nitro groups is 1. The molecule has 0 aromatic rings. The van der Waals surface area contributed by atoms with Gasteiger partial charge in [0.2, 0.25) is 6.04 Å². The minimum absolute atomic E-state index is 0.260. The molecule has 1 N–H and O–H groups in total. The average Bonchev–Trinajstić information content (AvgIpc) is 2.54. The number of carbonyl (C=O) groups is 1. The number of allylic oxidation sites excluding steroid dienone is 5. The first-order valence-electron chi connectivity index (χ1n) is 8.33. The molecule has 0 radical (unpaired) electrons. The maximum atomic E-state index is 10.8. The normalized spacial score (nSPS) is 14.7. The van der Waals surface area contributed by atoms with Gasteiger partial charge < -0.3 is 9.90 Å². The minimum Gasteiger partial charge on any atom is -0.386 e. The molecule has 0 aromatic carbocycles. The highest BCUT2D eigenvalue weighted by Crippen LogP contribution is 2.08. The SMILES string of the molecule is CCC(O)C(C/C=C\C/C=C\C/C=C\CCCCC=O)[N+](=O)[O-]. The topological polar surface area (TPSA) is 80.4 Å². The van der Waals surface area contributed by atoms with E-state index in [1.807, 2.05) is 12.2 Å². The van der Waals surface area contributed by atoms with Crippen LogP contribution in [0.25, 0.3) is 0 Å². The highest BCUT2D eigenvalue weighted by Gasteiger charge is 2.26. The molecule has 0 aromatic heterocycles. The van der Waals surface area contributed by atoms with Crippen molar-refractivity contribution in [1.82, 2.24) is 0 Å². The molecule has 0 rings (SSSR count). The molecular formula is C18H29NO4. The van der Waals surface area contributed by atoms with Gasteiger partial charge in [-0.1, -0.05) is 43.4 Å². The summed E-state index contributed by atoms with van der Waals surface area (Å²) in [5, 5.41) is 20.4. The second-order valence-electron chi connectivity index (χ2n) is 5.40. The molecule has 0 aliphatic heterocycles. The molecule has 0 aliphatic carbocycles. The van der Waals surface area contributed by atoms with Crippen LogP contribution in [0.5, 0.6) is 0 Å². The van der Waals surface area contributed by atoms with E-state index in [1.54, 1.807) is 13.0 Å². The minimum atomic E-state index is -0.914. The number of aldehydes is 1. The van der Waals surface area contributed by atoms with Crippen molar-refractivity contribution in [3.8, 4) is 0 Å². The van der Waals surface area contributed by atoms with Crippen molar-refractivity contribution in [2.45, 2.75) is 70.4 Å². The zero-order chi connectivity index (χ0) is 17.3. The number of hydrogen-bond donors (Lipinski definition) is 1. The van der Waals surface area contributed by atoms with Crippen LogP contribution in [-0.2, 0) is 4.79 Å². The fourth-order valence-electron chi connectivity index (χ4n) is 2.04. The Morgan fingerprint density at radius 2 is 1.57 bits per heavy atom. The van der Waals surface area contributed by atoms with Gasteiger partial charge in [0.15, 0.2) is 0 Å². The quantitative estimate of drug-likeness (QED) is 0.172. The summed E-state index contributed by atoms with van der Waals surface area (Å²) in [6.07, 6.45) is 17.9. The van der Waals surface area contributed by atoms with Gasteiger partial charge in [-0.25, -0.2) is 0 Å². The van der Waals surface area contributed by atoms with Gasteiger partial charge >= 0.3 is 0 Å². The van der Waals surface area contributed by atoms with Crippen molar-refractivity contribution in [1.29, 1.82) is 0 Å². The van der Waals surface area contributed by atoms with E-state index in [0.29, 0.717) is 12.8 Å². The molecule has 0 fully saturated rings. The Bertz CT molecular complexity index is 402. The van der Waals surface area contributed by atoms with Crippen LogP contribution in [-0.4, -0.2) is 28.5 Å². The van der Waals surface area contributed by atoms with Crippen molar-refractivity contribution in [3.63, 3.8) is 0 Å². The van der Waals surface area contributed by atoms with Crippen molar-refractivity contribution >= 4 is 6.29 Å². The number of carbonyl (C=O) groups excluding carboxylic acids is 1. The second-order valence-corrected chi connectivity index (χ2v) is 5.40. The Morgan fingerprint density at radius 3 is 2.13 bits per heavy atom. The first-order valence-corrected chi connectivity index (χ1v) is 8.33. The van der Waals surface area contributed by atoms with E-state index in [9.17, 15) is 20.0 Å². The lowest BCUT2D eigenvalue weighted by molar-refractivity contribution is -0.533. The van der Waals surface area contributed by atoms with Crippen molar-refractivity contribution in [3.05, 3.63) is 46.6 Å². The van der Waals surface area contributed by atoms with Gasteiger partial charge in [-0.05, 0) is 38.5 Å². The Kier molecular flexibility index (Phi) is 14.0. The van der Waals surface area contributed by atoms with Crippen molar-refractivity contribution in [2.24, 2.45) is 0 Å². The summed E-state index contributed by atoms with van der Waals surface area (Å²) >= 11 is 0.